The summed E-state index contributed by atoms with van der Waals surface area (Å²) in [7, 11) is 0. The molecule has 1 heterocycles. The summed E-state index contributed by atoms with van der Waals surface area (Å²) in [6.45, 7) is 1.44. The molecule has 0 aliphatic rings. The van der Waals surface area contributed by atoms with Gasteiger partial charge in [-0.05, 0) is 12.5 Å². The minimum Gasteiger partial charge on any atom is -0.300 e. The van der Waals surface area contributed by atoms with Crippen molar-refractivity contribution in [1.82, 2.24) is 4.98 Å². The largest absolute Gasteiger partial charge is 0.300 e. The van der Waals surface area contributed by atoms with Gasteiger partial charge >= 0.3 is 0 Å². The van der Waals surface area contributed by atoms with E-state index in [-0.39, 0.29) is 17.9 Å². The molecule has 0 unspecified atom stereocenters. The van der Waals surface area contributed by atoms with E-state index in [2.05, 4.69) is 4.98 Å². The van der Waals surface area contributed by atoms with Crippen molar-refractivity contribution in [2.45, 2.75) is 13.3 Å². The van der Waals surface area contributed by atoms with Crippen LogP contribution in [0.2, 0.25) is 0 Å². The van der Waals surface area contributed by atoms with Gasteiger partial charge in [0.2, 0.25) is 0 Å². The summed E-state index contributed by atoms with van der Waals surface area (Å²) in [4.78, 5) is 25.8. The number of ketones is 1. The van der Waals surface area contributed by atoms with Crippen LogP contribution in [0.4, 0.5) is 5.69 Å². The van der Waals surface area contributed by atoms with Crippen LogP contribution >= 0.6 is 0 Å². The van der Waals surface area contributed by atoms with Gasteiger partial charge in [-0.2, -0.15) is 0 Å². The SMILES string of the molecule is CC(=O)Cc1cnc(-c2ccccc2)c([N+](=O)[O-])c1. The number of aromatic nitrogens is 1. The van der Waals surface area contributed by atoms with Crippen LogP contribution in [-0.4, -0.2) is 15.7 Å². The van der Waals surface area contributed by atoms with Crippen LogP contribution in [0, 0.1) is 10.1 Å². The number of carbonyl (C=O) groups excluding carboxylic acids is 1. The summed E-state index contributed by atoms with van der Waals surface area (Å²) in [5.74, 6) is -0.0523. The summed E-state index contributed by atoms with van der Waals surface area (Å²) < 4.78 is 0. The molecule has 1 aromatic heterocycles. The number of nitro groups is 1. The number of hydrogen-bond acceptors (Lipinski definition) is 4. The molecule has 0 bridgehead atoms. The van der Waals surface area contributed by atoms with Crippen molar-refractivity contribution in [2.24, 2.45) is 0 Å². The number of nitrogens with zero attached hydrogens (tertiary/aromatic N) is 2. The first-order chi connectivity index (χ1) is 9.08. The number of carbonyl (C=O) groups is 1. The zero-order chi connectivity index (χ0) is 13.8. The Balaban J connectivity index is 2.50. The predicted octanol–water partition coefficient (Wildman–Crippen LogP) is 2.79. The summed E-state index contributed by atoms with van der Waals surface area (Å²) in [5.41, 5.74) is 1.48. The number of benzene rings is 1. The third-order valence-corrected chi connectivity index (χ3v) is 2.62. The van der Waals surface area contributed by atoms with E-state index in [1.165, 1.54) is 19.2 Å². The Kier molecular flexibility index (Phi) is 3.66. The van der Waals surface area contributed by atoms with Crippen molar-refractivity contribution in [3.63, 3.8) is 0 Å². The molecule has 5 heteroatoms. The molecule has 2 rings (SSSR count). The van der Waals surface area contributed by atoms with Gasteiger partial charge in [-0.3, -0.25) is 14.9 Å². The maximum atomic E-state index is 11.1. The summed E-state index contributed by atoms with van der Waals surface area (Å²) >= 11 is 0. The van der Waals surface area contributed by atoms with Gasteiger partial charge in [-0.1, -0.05) is 30.3 Å². The van der Waals surface area contributed by atoms with Gasteiger partial charge < -0.3 is 0 Å². The van der Waals surface area contributed by atoms with E-state index in [1.54, 1.807) is 24.3 Å². The van der Waals surface area contributed by atoms with Crippen molar-refractivity contribution in [3.8, 4) is 11.3 Å². The van der Waals surface area contributed by atoms with Crippen LogP contribution in [-0.2, 0) is 11.2 Å². The number of pyridine rings is 1. The molecule has 0 saturated heterocycles. The smallest absolute Gasteiger partial charge is 0.295 e. The molecule has 19 heavy (non-hydrogen) atoms. The van der Waals surface area contributed by atoms with Crippen molar-refractivity contribution >= 4 is 11.5 Å². The molecule has 0 radical (unpaired) electrons. The molecule has 2 aromatic rings. The molecule has 1 aromatic carbocycles. The lowest BCUT2D eigenvalue weighted by atomic mass is 10.1. The molecule has 0 N–H and O–H groups in total. The first-order valence-corrected chi connectivity index (χ1v) is 5.76. The zero-order valence-electron chi connectivity index (χ0n) is 10.4. The van der Waals surface area contributed by atoms with E-state index in [4.69, 9.17) is 0 Å². The molecular weight excluding hydrogens is 244 g/mol. The minimum absolute atomic E-state index is 0.0523. The average molecular weight is 256 g/mol. The Morgan fingerprint density at radius 1 is 1.32 bits per heavy atom. The van der Waals surface area contributed by atoms with E-state index in [0.717, 1.165) is 0 Å². The first kappa shape index (κ1) is 12.9. The van der Waals surface area contributed by atoms with Crippen molar-refractivity contribution in [1.29, 1.82) is 0 Å². The van der Waals surface area contributed by atoms with Gasteiger partial charge in [0.25, 0.3) is 5.69 Å². The summed E-state index contributed by atoms with van der Waals surface area (Å²) in [6.07, 6.45) is 1.67. The highest BCUT2D eigenvalue weighted by Crippen LogP contribution is 2.28. The Labute approximate surface area is 110 Å². The molecule has 0 aliphatic heterocycles. The Bertz CT molecular complexity index is 624. The topological polar surface area (TPSA) is 73.1 Å². The molecule has 5 nitrogen and oxygen atoms in total. The van der Waals surface area contributed by atoms with E-state index < -0.39 is 4.92 Å². The highest BCUT2D eigenvalue weighted by molar-refractivity contribution is 5.79. The van der Waals surface area contributed by atoms with Crippen molar-refractivity contribution in [3.05, 3.63) is 58.3 Å². The molecule has 0 spiro atoms. The van der Waals surface area contributed by atoms with E-state index in [0.29, 0.717) is 16.8 Å². The third-order valence-electron chi connectivity index (χ3n) is 2.62. The quantitative estimate of drug-likeness (QED) is 0.622. The highest BCUT2D eigenvalue weighted by Gasteiger charge is 2.18. The average Bonchev–Trinajstić information content (AvgIpc) is 2.39. The molecule has 0 fully saturated rings. The van der Waals surface area contributed by atoms with Crippen LogP contribution in [0.5, 0.6) is 0 Å². The summed E-state index contributed by atoms with van der Waals surface area (Å²) in [5, 5.41) is 11.1. The third kappa shape index (κ3) is 3.01. The maximum Gasteiger partial charge on any atom is 0.295 e. The fraction of sp³-hybridized carbons (Fsp3) is 0.143. The van der Waals surface area contributed by atoms with Crippen LogP contribution in [0.1, 0.15) is 12.5 Å². The van der Waals surface area contributed by atoms with Gasteiger partial charge in [0, 0.05) is 24.2 Å². The van der Waals surface area contributed by atoms with Gasteiger partial charge in [0.05, 0.1) is 4.92 Å². The van der Waals surface area contributed by atoms with Crippen molar-refractivity contribution in [2.75, 3.05) is 0 Å². The van der Waals surface area contributed by atoms with E-state index in [9.17, 15) is 14.9 Å². The molecule has 0 amide bonds. The maximum absolute atomic E-state index is 11.1. The van der Waals surface area contributed by atoms with E-state index in [1.807, 2.05) is 6.07 Å². The zero-order valence-corrected chi connectivity index (χ0v) is 10.4. The van der Waals surface area contributed by atoms with Crippen LogP contribution in [0.25, 0.3) is 11.3 Å². The lowest BCUT2D eigenvalue weighted by Gasteiger charge is -2.04. The van der Waals surface area contributed by atoms with Crippen molar-refractivity contribution < 1.29 is 9.72 Å². The van der Waals surface area contributed by atoms with Gasteiger partial charge in [0.1, 0.15) is 11.5 Å². The number of rotatable bonds is 4. The molecule has 0 atom stereocenters. The van der Waals surface area contributed by atoms with Crippen LogP contribution in [0.15, 0.2) is 42.6 Å². The van der Waals surface area contributed by atoms with Crippen LogP contribution < -0.4 is 0 Å². The molecule has 0 aliphatic carbocycles. The highest BCUT2D eigenvalue weighted by atomic mass is 16.6. The second kappa shape index (κ2) is 5.39. The Morgan fingerprint density at radius 2 is 2.00 bits per heavy atom. The minimum atomic E-state index is -0.473. The standard InChI is InChI=1S/C14H12N2O3/c1-10(17)7-11-8-13(16(18)19)14(15-9-11)12-5-3-2-4-6-12/h2-6,8-9H,7H2,1H3. The normalized spacial score (nSPS) is 10.2. The number of hydrogen-bond donors (Lipinski definition) is 0. The predicted molar refractivity (Wildman–Crippen MR) is 70.7 cm³/mol. The molecule has 0 saturated carbocycles. The Morgan fingerprint density at radius 3 is 2.58 bits per heavy atom. The van der Waals surface area contributed by atoms with E-state index >= 15 is 0 Å². The monoisotopic (exact) mass is 256 g/mol. The second-order valence-electron chi connectivity index (χ2n) is 4.21. The van der Waals surface area contributed by atoms with Gasteiger partial charge in [-0.25, -0.2) is 4.98 Å². The Hall–Kier alpha value is -2.56. The van der Waals surface area contributed by atoms with Gasteiger partial charge in [0.15, 0.2) is 0 Å². The second-order valence-corrected chi connectivity index (χ2v) is 4.21. The number of Topliss-reactive ketones (excluding diaryl/α,β-unsaturated/α-hetero) is 1. The summed E-state index contributed by atoms with van der Waals surface area (Å²) in [6, 6.07) is 10.4. The fourth-order valence-corrected chi connectivity index (χ4v) is 1.84. The van der Waals surface area contributed by atoms with Gasteiger partial charge in [-0.15, -0.1) is 0 Å². The first-order valence-electron chi connectivity index (χ1n) is 5.76. The molecule has 96 valence electrons. The van der Waals surface area contributed by atoms with Crippen LogP contribution in [0.3, 0.4) is 0 Å². The lowest BCUT2D eigenvalue weighted by molar-refractivity contribution is -0.384. The lowest BCUT2D eigenvalue weighted by Crippen LogP contribution is -2.01. The fourth-order valence-electron chi connectivity index (χ4n) is 1.84. The molecular formula is C14H12N2O3.